The smallest absolute Gasteiger partial charge is 0.167 e. The van der Waals surface area contributed by atoms with Crippen LogP contribution in [0, 0.1) is 5.82 Å². The Labute approximate surface area is 121 Å². The minimum atomic E-state index is -0.418. The molecule has 114 valence electrons. The van der Waals surface area contributed by atoms with Gasteiger partial charge in [0.05, 0.1) is 18.0 Å². The van der Waals surface area contributed by atoms with E-state index in [4.69, 9.17) is 10.5 Å². The summed E-state index contributed by atoms with van der Waals surface area (Å²) in [5, 5.41) is 3.24. The molecule has 0 bridgehead atoms. The fourth-order valence-corrected chi connectivity index (χ4v) is 2.05. The third-order valence-electron chi connectivity index (χ3n) is 3.26. The van der Waals surface area contributed by atoms with Crippen molar-refractivity contribution in [2.45, 2.75) is 27.2 Å². The second kappa shape index (κ2) is 8.64. The summed E-state index contributed by atoms with van der Waals surface area (Å²) in [7, 11) is 0. The summed E-state index contributed by atoms with van der Waals surface area (Å²) >= 11 is 0. The molecular weight excluding hydrogens is 257 g/mol. The second-order valence-electron chi connectivity index (χ2n) is 4.61. The molecule has 0 atom stereocenters. The highest BCUT2D eigenvalue weighted by Gasteiger charge is 2.08. The summed E-state index contributed by atoms with van der Waals surface area (Å²) in [5.41, 5.74) is 6.95. The van der Waals surface area contributed by atoms with Crippen LogP contribution in [0.25, 0.3) is 0 Å². The van der Waals surface area contributed by atoms with Crippen LogP contribution >= 0.6 is 0 Å². The number of benzene rings is 1. The lowest BCUT2D eigenvalue weighted by atomic mass is 10.2. The molecule has 0 saturated heterocycles. The van der Waals surface area contributed by atoms with Crippen LogP contribution in [0.15, 0.2) is 12.1 Å². The van der Waals surface area contributed by atoms with E-state index in [0.717, 1.165) is 38.3 Å². The van der Waals surface area contributed by atoms with Gasteiger partial charge in [-0.15, -0.1) is 0 Å². The van der Waals surface area contributed by atoms with E-state index in [2.05, 4.69) is 24.1 Å². The first-order chi connectivity index (χ1) is 9.62. The maximum absolute atomic E-state index is 13.6. The molecule has 0 unspecified atom stereocenters. The Kier molecular flexibility index (Phi) is 7.15. The van der Waals surface area contributed by atoms with Crippen LogP contribution in [-0.2, 0) is 0 Å². The zero-order valence-corrected chi connectivity index (χ0v) is 12.7. The molecule has 0 aromatic heterocycles. The molecule has 0 aliphatic carbocycles. The molecule has 0 radical (unpaired) electrons. The number of ether oxygens (including phenoxy) is 1. The maximum atomic E-state index is 13.6. The first-order valence-corrected chi connectivity index (χ1v) is 7.30. The van der Waals surface area contributed by atoms with Gasteiger partial charge in [-0.1, -0.05) is 13.8 Å². The molecule has 3 N–H and O–H groups in total. The van der Waals surface area contributed by atoms with Crippen molar-refractivity contribution in [3.63, 3.8) is 0 Å². The number of hydrogen-bond acceptors (Lipinski definition) is 4. The SMILES string of the molecule is CCOc1cc(NCCCN(CC)CC)c(N)cc1F. The molecule has 1 aromatic carbocycles. The van der Waals surface area contributed by atoms with Gasteiger partial charge in [0.25, 0.3) is 0 Å². The summed E-state index contributed by atoms with van der Waals surface area (Å²) in [5.74, 6) is -0.175. The average molecular weight is 283 g/mol. The lowest BCUT2D eigenvalue weighted by molar-refractivity contribution is 0.303. The van der Waals surface area contributed by atoms with E-state index in [9.17, 15) is 4.39 Å². The van der Waals surface area contributed by atoms with Crippen LogP contribution < -0.4 is 15.8 Å². The zero-order chi connectivity index (χ0) is 15.0. The van der Waals surface area contributed by atoms with Crippen molar-refractivity contribution in [2.24, 2.45) is 0 Å². The normalized spacial score (nSPS) is 10.8. The van der Waals surface area contributed by atoms with Gasteiger partial charge in [0.2, 0.25) is 0 Å². The van der Waals surface area contributed by atoms with Crippen molar-refractivity contribution in [1.82, 2.24) is 4.90 Å². The Bertz CT molecular complexity index is 408. The molecule has 0 fully saturated rings. The predicted octanol–water partition coefficient (Wildman–Crippen LogP) is 2.95. The van der Waals surface area contributed by atoms with Gasteiger partial charge in [-0.05, 0) is 33.0 Å². The number of hydrogen-bond donors (Lipinski definition) is 2. The molecule has 0 amide bonds. The summed E-state index contributed by atoms with van der Waals surface area (Å²) in [6.45, 7) is 10.5. The highest BCUT2D eigenvalue weighted by atomic mass is 19.1. The number of nitrogens with one attached hydrogen (secondary N) is 1. The zero-order valence-electron chi connectivity index (χ0n) is 12.7. The van der Waals surface area contributed by atoms with Crippen molar-refractivity contribution >= 4 is 11.4 Å². The quantitative estimate of drug-likeness (QED) is 0.540. The van der Waals surface area contributed by atoms with Crippen LogP contribution in [0.5, 0.6) is 5.75 Å². The van der Waals surface area contributed by atoms with Gasteiger partial charge in [0.1, 0.15) is 0 Å². The number of nitrogens with two attached hydrogens (primary N) is 1. The molecule has 5 heteroatoms. The van der Waals surface area contributed by atoms with Crippen LogP contribution in [0.2, 0.25) is 0 Å². The van der Waals surface area contributed by atoms with Crippen LogP contribution in [-0.4, -0.2) is 37.7 Å². The summed E-state index contributed by atoms with van der Waals surface area (Å²) in [6, 6.07) is 2.93. The second-order valence-corrected chi connectivity index (χ2v) is 4.61. The number of rotatable bonds is 9. The standard InChI is InChI=1S/C15H26FN3O/c1-4-19(5-2)9-7-8-18-14-11-15(20-6-3)12(16)10-13(14)17/h10-11,18H,4-9,17H2,1-3H3. The summed E-state index contributed by atoms with van der Waals surface area (Å²) < 4.78 is 18.8. The third-order valence-corrected chi connectivity index (χ3v) is 3.26. The van der Waals surface area contributed by atoms with Gasteiger partial charge >= 0.3 is 0 Å². The van der Waals surface area contributed by atoms with Crippen molar-refractivity contribution in [2.75, 3.05) is 43.8 Å². The maximum Gasteiger partial charge on any atom is 0.167 e. The Morgan fingerprint density at radius 3 is 2.55 bits per heavy atom. The lowest BCUT2D eigenvalue weighted by Gasteiger charge is -2.18. The van der Waals surface area contributed by atoms with Crippen LogP contribution in [0.3, 0.4) is 0 Å². The van der Waals surface area contributed by atoms with E-state index in [1.807, 2.05) is 6.92 Å². The third kappa shape index (κ3) is 4.89. The number of anilines is 2. The predicted molar refractivity (Wildman–Crippen MR) is 82.9 cm³/mol. The molecule has 0 saturated carbocycles. The Balaban J connectivity index is 2.53. The van der Waals surface area contributed by atoms with E-state index in [1.54, 1.807) is 6.07 Å². The lowest BCUT2D eigenvalue weighted by Crippen LogP contribution is -2.25. The number of nitrogen functional groups attached to an aromatic ring is 1. The van der Waals surface area contributed by atoms with Gasteiger partial charge in [-0.2, -0.15) is 0 Å². The summed E-state index contributed by atoms with van der Waals surface area (Å²) in [6.07, 6.45) is 1.02. The van der Waals surface area contributed by atoms with E-state index >= 15 is 0 Å². The molecule has 0 spiro atoms. The number of nitrogens with zero attached hydrogens (tertiary/aromatic N) is 1. The molecular formula is C15H26FN3O. The van der Waals surface area contributed by atoms with Gasteiger partial charge in [-0.25, -0.2) is 4.39 Å². The fraction of sp³-hybridized carbons (Fsp3) is 0.600. The minimum Gasteiger partial charge on any atom is -0.491 e. The average Bonchev–Trinajstić information content (AvgIpc) is 2.43. The number of halogens is 1. The molecule has 0 heterocycles. The minimum absolute atomic E-state index is 0.243. The Morgan fingerprint density at radius 1 is 1.25 bits per heavy atom. The van der Waals surface area contributed by atoms with Gasteiger partial charge < -0.3 is 20.7 Å². The highest BCUT2D eigenvalue weighted by Crippen LogP contribution is 2.28. The van der Waals surface area contributed by atoms with Crippen molar-refractivity contribution in [1.29, 1.82) is 0 Å². The molecule has 1 rings (SSSR count). The molecule has 0 aliphatic heterocycles. The van der Waals surface area contributed by atoms with Gasteiger partial charge in [-0.3, -0.25) is 0 Å². The van der Waals surface area contributed by atoms with E-state index in [1.165, 1.54) is 6.07 Å². The van der Waals surface area contributed by atoms with E-state index in [0.29, 0.717) is 12.3 Å². The monoisotopic (exact) mass is 283 g/mol. The molecule has 0 aliphatic rings. The largest absolute Gasteiger partial charge is 0.491 e. The van der Waals surface area contributed by atoms with Crippen molar-refractivity contribution in [3.05, 3.63) is 17.9 Å². The Hall–Kier alpha value is -1.49. The molecule has 4 nitrogen and oxygen atoms in total. The molecule has 1 aromatic rings. The Morgan fingerprint density at radius 2 is 1.95 bits per heavy atom. The van der Waals surface area contributed by atoms with Gasteiger partial charge in [0, 0.05) is 18.7 Å². The topological polar surface area (TPSA) is 50.5 Å². The van der Waals surface area contributed by atoms with Gasteiger partial charge in [0.15, 0.2) is 11.6 Å². The van der Waals surface area contributed by atoms with Crippen molar-refractivity contribution < 1.29 is 9.13 Å². The highest BCUT2D eigenvalue weighted by molar-refractivity contribution is 5.68. The van der Waals surface area contributed by atoms with Crippen LogP contribution in [0.1, 0.15) is 27.2 Å². The summed E-state index contributed by atoms with van der Waals surface area (Å²) in [4.78, 5) is 2.36. The van der Waals surface area contributed by atoms with Crippen LogP contribution in [0.4, 0.5) is 15.8 Å². The first-order valence-electron chi connectivity index (χ1n) is 7.30. The van der Waals surface area contributed by atoms with E-state index in [-0.39, 0.29) is 5.75 Å². The first kappa shape index (κ1) is 16.6. The fourth-order valence-electron chi connectivity index (χ4n) is 2.05. The van der Waals surface area contributed by atoms with Crippen molar-refractivity contribution in [3.8, 4) is 5.75 Å². The molecule has 20 heavy (non-hydrogen) atoms. The van der Waals surface area contributed by atoms with E-state index < -0.39 is 5.82 Å².